The van der Waals surface area contributed by atoms with Crippen LogP contribution >= 0.6 is 0 Å². The van der Waals surface area contributed by atoms with Crippen molar-refractivity contribution < 1.29 is 24.1 Å². The molecule has 0 aromatic heterocycles. The standard InChI is InChI=1S/C39H56FNO4/c1-4-6-7-8-9-11-22-41(38(44)27-14-17-31(18-15-27)45-5-2)23-12-10-13-28-24-29-25-30(42)16-19-32(29)37-34(40)26-39(3)33(36(28)37)20-21-35(39)43/h14-19,25,28,33-37,42-43H,4-13,20-24,26H2,1-3H3/t28-,33?,34+,35+,36?,37?,39+/m1/s1. The molecule has 248 valence electrons. The van der Waals surface area contributed by atoms with E-state index in [9.17, 15) is 15.0 Å². The van der Waals surface area contributed by atoms with Gasteiger partial charge in [-0.25, -0.2) is 4.39 Å². The number of hydrogen-bond acceptors (Lipinski definition) is 4. The highest BCUT2D eigenvalue weighted by molar-refractivity contribution is 5.94. The third-order valence-corrected chi connectivity index (χ3v) is 11.5. The number of phenols is 1. The third kappa shape index (κ3) is 7.53. The molecule has 2 aromatic rings. The average Bonchev–Trinajstić information content (AvgIpc) is 3.32. The smallest absolute Gasteiger partial charge is 0.253 e. The van der Waals surface area contributed by atoms with Gasteiger partial charge in [-0.05, 0) is 123 Å². The summed E-state index contributed by atoms with van der Waals surface area (Å²) in [7, 11) is 0. The fourth-order valence-electron chi connectivity index (χ4n) is 9.18. The van der Waals surface area contributed by atoms with Gasteiger partial charge in [0, 0.05) is 24.6 Å². The second kappa shape index (κ2) is 15.3. The molecule has 0 spiro atoms. The first-order chi connectivity index (χ1) is 21.8. The number of aromatic hydroxyl groups is 1. The van der Waals surface area contributed by atoms with Crippen molar-refractivity contribution in [1.82, 2.24) is 4.90 Å². The molecule has 5 nitrogen and oxygen atoms in total. The number of aliphatic hydroxyl groups is 1. The van der Waals surface area contributed by atoms with Crippen LogP contribution in [0.3, 0.4) is 0 Å². The lowest BCUT2D eigenvalue weighted by molar-refractivity contribution is -0.0722. The number of carbonyl (C=O) groups excluding carboxylic acids is 1. The molecule has 1 amide bonds. The van der Waals surface area contributed by atoms with Crippen LogP contribution < -0.4 is 4.74 Å². The largest absolute Gasteiger partial charge is 0.508 e. The van der Waals surface area contributed by atoms with Crippen molar-refractivity contribution in [2.75, 3.05) is 19.7 Å². The summed E-state index contributed by atoms with van der Waals surface area (Å²) >= 11 is 0. The molecule has 0 aliphatic heterocycles. The Morgan fingerprint density at radius 1 is 0.978 bits per heavy atom. The minimum atomic E-state index is -0.991. The highest BCUT2D eigenvalue weighted by Gasteiger charge is 2.59. The van der Waals surface area contributed by atoms with E-state index in [1.54, 1.807) is 6.07 Å². The fraction of sp³-hybridized carbons (Fsp3) is 0.667. The van der Waals surface area contributed by atoms with Crippen LogP contribution in [-0.2, 0) is 6.42 Å². The summed E-state index contributed by atoms with van der Waals surface area (Å²) in [5.41, 5.74) is 2.48. The minimum absolute atomic E-state index is 0.0806. The Kier molecular flexibility index (Phi) is 11.5. The van der Waals surface area contributed by atoms with Crippen molar-refractivity contribution in [3.05, 3.63) is 59.2 Å². The molecule has 45 heavy (non-hydrogen) atoms. The van der Waals surface area contributed by atoms with Gasteiger partial charge in [-0.2, -0.15) is 0 Å². The summed E-state index contributed by atoms with van der Waals surface area (Å²) < 4.78 is 21.7. The third-order valence-electron chi connectivity index (χ3n) is 11.5. The van der Waals surface area contributed by atoms with Crippen molar-refractivity contribution in [2.45, 2.75) is 122 Å². The summed E-state index contributed by atoms with van der Waals surface area (Å²) in [5, 5.41) is 21.2. The molecule has 5 rings (SSSR count). The summed E-state index contributed by atoms with van der Waals surface area (Å²) in [5.74, 6) is 1.73. The molecular formula is C39H56FNO4. The lowest BCUT2D eigenvalue weighted by atomic mass is 9.51. The Morgan fingerprint density at radius 3 is 2.42 bits per heavy atom. The number of ether oxygens (including phenoxy) is 1. The molecule has 6 heteroatoms. The number of unbranched alkanes of at least 4 members (excludes halogenated alkanes) is 6. The molecule has 0 bridgehead atoms. The fourth-order valence-corrected chi connectivity index (χ4v) is 9.18. The Balaban J connectivity index is 1.26. The first kappa shape index (κ1) is 33.8. The molecule has 0 saturated heterocycles. The van der Waals surface area contributed by atoms with E-state index in [2.05, 4.69) is 13.8 Å². The lowest BCUT2D eigenvalue weighted by Crippen LogP contribution is -2.51. The lowest BCUT2D eigenvalue weighted by Gasteiger charge is -2.54. The van der Waals surface area contributed by atoms with E-state index >= 15 is 4.39 Å². The van der Waals surface area contributed by atoms with Gasteiger partial charge in [0.15, 0.2) is 0 Å². The average molecular weight is 622 g/mol. The Morgan fingerprint density at radius 2 is 1.69 bits per heavy atom. The Bertz CT molecular complexity index is 1250. The predicted molar refractivity (Wildman–Crippen MR) is 179 cm³/mol. The molecule has 2 fully saturated rings. The number of rotatable bonds is 15. The number of carbonyl (C=O) groups is 1. The van der Waals surface area contributed by atoms with E-state index in [1.807, 2.05) is 48.2 Å². The molecule has 7 atom stereocenters. The topological polar surface area (TPSA) is 70.0 Å². The second-order valence-corrected chi connectivity index (χ2v) is 14.4. The number of hydrogen-bond donors (Lipinski definition) is 2. The van der Waals surface area contributed by atoms with Crippen molar-refractivity contribution in [2.24, 2.45) is 23.2 Å². The van der Waals surface area contributed by atoms with E-state index in [0.29, 0.717) is 37.0 Å². The molecule has 0 radical (unpaired) electrons. The molecule has 2 N–H and O–H groups in total. The second-order valence-electron chi connectivity index (χ2n) is 14.4. The van der Waals surface area contributed by atoms with Crippen LogP contribution in [0.4, 0.5) is 4.39 Å². The molecule has 3 aliphatic rings. The van der Waals surface area contributed by atoms with Crippen LogP contribution in [-0.4, -0.2) is 53.0 Å². The molecule has 2 saturated carbocycles. The van der Waals surface area contributed by atoms with Crippen LogP contribution in [0.5, 0.6) is 11.5 Å². The zero-order valence-corrected chi connectivity index (χ0v) is 27.9. The maximum Gasteiger partial charge on any atom is 0.253 e. The highest BCUT2D eigenvalue weighted by atomic mass is 19.1. The number of fused-ring (bicyclic) bond motifs is 5. The van der Waals surface area contributed by atoms with Crippen LogP contribution in [0, 0.1) is 23.2 Å². The van der Waals surface area contributed by atoms with Gasteiger partial charge in [0.05, 0.1) is 12.7 Å². The van der Waals surface area contributed by atoms with Crippen molar-refractivity contribution in [1.29, 1.82) is 0 Å². The normalized spacial score (nSPS) is 28.6. The quantitative estimate of drug-likeness (QED) is 0.195. The number of alkyl halides is 1. The van der Waals surface area contributed by atoms with Crippen molar-refractivity contribution >= 4 is 5.91 Å². The first-order valence-corrected chi connectivity index (χ1v) is 17.9. The van der Waals surface area contributed by atoms with Crippen LogP contribution in [0.15, 0.2) is 42.5 Å². The van der Waals surface area contributed by atoms with Gasteiger partial charge in [0.1, 0.15) is 17.7 Å². The van der Waals surface area contributed by atoms with E-state index in [-0.39, 0.29) is 28.9 Å². The minimum Gasteiger partial charge on any atom is -0.508 e. The van der Waals surface area contributed by atoms with Crippen molar-refractivity contribution in [3.63, 3.8) is 0 Å². The summed E-state index contributed by atoms with van der Waals surface area (Å²) in [6.45, 7) is 8.38. The monoisotopic (exact) mass is 621 g/mol. The number of amides is 1. The maximum absolute atomic E-state index is 16.1. The molecule has 3 aliphatic carbocycles. The van der Waals surface area contributed by atoms with E-state index in [4.69, 9.17) is 4.74 Å². The van der Waals surface area contributed by atoms with Gasteiger partial charge in [0.2, 0.25) is 0 Å². The van der Waals surface area contributed by atoms with E-state index in [0.717, 1.165) is 74.8 Å². The van der Waals surface area contributed by atoms with Crippen LogP contribution in [0.2, 0.25) is 0 Å². The van der Waals surface area contributed by atoms with Gasteiger partial charge in [-0.15, -0.1) is 0 Å². The first-order valence-electron chi connectivity index (χ1n) is 17.9. The van der Waals surface area contributed by atoms with Gasteiger partial charge in [0.25, 0.3) is 5.91 Å². The van der Waals surface area contributed by atoms with Crippen LogP contribution in [0.1, 0.15) is 125 Å². The summed E-state index contributed by atoms with van der Waals surface area (Å²) in [6.07, 6.45) is 11.5. The number of phenolic OH excluding ortho intramolecular Hbond substituents is 1. The Labute approximate surface area is 270 Å². The maximum atomic E-state index is 16.1. The number of aliphatic hydroxyl groups excluding tert-OH is 1. The SMILES string of the molecule is CCCCCCCCN(CCCC[C@@H]1Cc2cc(O)ccc2C2C1C1CC[C@H](O)[C@@]1(C)C[C@@H]2F)C(=O)c1ccc(OCC)cc1. The molecule has 2 aromatic carbocycles. The zero-order chi connectivity index (χ0) is 32.0. The van der Waals surface area contributed by atoms with Gasteiger partial charge in [-0.1, -0.05) is 58.4 Å². The van der Waals surface area contributed by atoms with Crippen molar-refractivity contribution in [3.8, 4) is 11.5 Å². The number of nitrogens with zero attached hydrogens (tertiary/aromatic N) is 1. The Hall–Kier alpha value is -2.60. The number of benzene rings is 2. The molecular weight excluding hydrogens is 565 g/mol. The zero-order valence-electron chi connectivity index (χ0n) is 27.9. The predicted octanol–water partition coefficient (Wildman–Crippen LogP) is 8.86. The number of halogens is 1. The molecule has 0 heterocycles. The van der Waals surface area contributed by atoms with Gasteiger partial charge >= 0.3 is 0 Å². The summed E-state index contributed by atoms with van der Waals surface area (Å²) in [6, 6.07) is 13.0. The van der Waals surface area contributed by atoms with E-state index < -0.39 is 12.3 Å². The van der Waals surface area contributed by atoms with E-state index in [1.165, 1.54) is 25.7 Å². The highest BCUT2D eigenvalue weighted by Crippen LogP contribution is 2.63. The van der Waals surface area contributed by atoms with Gasteiger partial charge < -0.3 is 19.8 Å². The summed E-state index contributed by atoms with van der Waals surface area (Å²) in [4.78, 5) is 15.7. The molecule has 3 unspecified atom stereocenters. The van der Waals surface area contributed by atoms with Gasteiger partial charge in [-0.3, -0.25) is 4.79 Å². The van der Waals surface area contributed by atoms with Crippen LogP contribution in [0.25, 0.3) is 0 Å².